The maximum absolute atomic E-state index is 12.6. The van der Waals surface area contributed by atoms with Gasteiger partial charge in [0, 0.05) is 17.7 Å². The molecule has 0 bridgehead atoms. The molecule has 2 amide bonds. The molecule has 1 saturated heterocycles. The van der Waals surface area contributed by atoms with Crippen molar-refractivity contribution in [3.05, 3.63) is 65.7 Å². The molecule has 1 atom stereocenters. The summed E-state index contributed by atoms with van der Waals surface area (Å²) in [5.74, 6) is -0.557. The van der Waals surface area contributed by atoms with Crippen molar-refractivity contribution >= 4 is 27.7 Å². The molecule has 2 heterocycles. The summed E-state index contributed by atoms with van der Waals surface area (Å²) in [6.45, 7) is 0.507. The van der Waals surface area contributed by atoms with Crippen molar-refractivity contribution < 1.29 is 18.0 Å². The van der Waals surface area contributed by atoms with Crippen LogP contribution in [0.5, 0.6) is 0 Å². The Balaban J connectivity index is 1.50. The number of rotatable bonds is 2. The lowest BCUT2D eigenvalue weighted by Crippen LogP contribution is -2.51. The SMILES string of the molecule is O=C(NNC(=O)[C@@H]1CCCN1C1=NS(=O)(=O)c2ccccc21)c1ccccc1. The van der Waals surface area contributed by atoms with Crippen molar-refractivity contribution in [3.63, 3.8) is 0 Å². The second kappa shape index (κ2) is 7.08. The first-order valence-electron chi connectivity index (χ1n) is 8.83. The van der Waals surface area contributed by atoms with E-state index >= 15 is 0 Å². The Bertz CT molecular complexity index is 1070. The highest BCUT2D eigenvalue weighted by molar-refractivity contribution is 7.90. The molecule has 2 aromatic rings. The number of sulfonamides is 1. The summed E-state index contributed by atoms with van der Waals surface area (Å²) in [7, 11) is -3.76. The van der Waals surface area contributed by atoms with E-state index in [-0.39, 0.29) is 10.7 Å². The third kappa shape index (κ3) is 3.24. The molecule has 0 radical (unpaired) electrons. The van der Waals surface area contributed by atoms with Crippen molar-refractivity contribution in [2.45, 2.75) is 23.8 Å². The molecule has 9 heteroatoms. The fourth-order valence-corrected chi connectivity index (χ4v) is 4.67. The fraction of sp³-hybridized carbons (Fsp3) is 0.211. The minimum atomic E-state index is -3.76. The van der Waals surface area contributed by atoms with Crippen LogP contribution in [0.4, 0.5) is 0 Å². The molecule has 0 unspecified atom stereocenters. The van der Waals surface area contributed by atoms with Gasteiger partial charge in [0.2, 0.25) is 0 Å². The van der Waals surface area contributed by atoms with Gasteiger partial charge in [-0.15, -0.1) is 4.40 Å². The van der Waals surface area contributed by atoms with Crippen molar-refractivity contribution in [1.29, 1.82) is 0 Å². The van der Waals surface area contributed by atoms with Crippen LogP contribution < -0.4 is 10.9 Å². The molecule has 144 valence electrons. The second-order valence-electron chi connectivity index (χ2n) is 6.55. The number of amidine groups is 1. The summed E-state index contributed by atoms with van der Waals surface area (Å²) >= 11 is 0. The van der Waals surface area contributed by atoms with Crippen LogP contribution >= 0.6 is 0 Å². The van der Waals surface area contributed by atoms with E-state index in [0.717, 1.165) is 0 Å². The molecule has 0 spiro atoms. The number of hydrogen-bond acceptors (Lipinski definition) is 5. The normalized spacial score (nSPS) is 19.6. The van der Waals surface area contributed by atoms with Crippen LogP contribution in [-0.2, 0) is 14.8 Å². The molecular weight excluding hydrogens is 380 g/mol. The third-order valence-corrected chi connectivity index (χ3v) is 6.10. The molecule has 2 aromatic carbocycles. The molecule has 2 aliphatic heterocycles. The van der Waals surface area contributed by atoms with Crippen LogP contribution in [0.25, 0.3) is 0 Å². The van der Waals surface area contributed by atoms with Gasteiger partial charge >= 0.3 is 0 Å². The molecule has 1 fully saturated rings. The molecule has 8 nitrogen and oxygen atoms in total. The van der Waals surface area contributed by atoms with E-state index in [1.54, 1.807) is 53.4 Å². The Morgan fingerprint density at radius 3 is 2.50 bits per heavy atom. The second-order valence-corrected chi connectivity index (χ2v) is 8.12. The highest BCUT2D eigenvalue weighted by atomic mass is 32.2. The number of likely N-dealkylation sites (tertiary alicyclic amines) is 1. The number of carbonyl (C=O) groups excluding carboxylic acids is 2. The minimum Gasteiger partial charge on any atom is -0.343 e. The van der Waals surface area contributed by atoms with Gasteiger partial charge in [0.05, 0.1) is 0 Å². The highest BCUT2D eigenvalue weighted by Crippen LogP contribution is 2.31. The Hall–Kier alpha value is -3.20. The molecular formula is C19H18N4O4S. The van der Waals surface area contributed by atoms with Crippen molar-refractivity contribution in [1.82, 2.24) is 15.8 Å². The average molecular weight is 398 g/mol. The van der Waals surface area contributed by atoms with Gasteiger partial charge in [-0.3, -0.25) is 20.4 Å². The number of fused-ring (bicyclic) bond motifs is 1. The fourth-order valence-electron chi connectivity index (χ4n) is 3.45. The van der Waals surface area contributed by atoms with Crippen LogP contribution in [0, 0.1) is 0 Å². The van der Waals surface area contributed by atoms with Crippen LogP contribution in [-0.4, -0.2) is 43.6 Å². The Kier molecular flexibility index (Phi) is 4.60. The van der Waals surface area contributed by atoms with Crippen molar-refractivity contribution in [2.75, 3.05) is 6.54 Å². The average Bonchev–Trinajstić information content (AvgIpc) is 3.29. The van der Waals surface area contributed by atoms with E-state index < -0.39 is 27.9 Å². The van der Waals surface area contributed by atoms with Gasteiger partial charge in [0.15, 0.2) is 5.84 Å². The summed E-state index contributed by atoms with van der Waals surface area (Å²) in [5, 5.41) is 0. The Morgan fingerprint density at radius 1 is 1.00 bits per heavy atom. The Morgan fingerprint density at radius 2 is 1.71 bits per heavy atom. The molecule has 0 aromatic heterocycles. The molecule has 0 saturated carbocycles. The summed E-state index contributed by atoms with van der Waals surface area (Å²) in [6, 6.07) is 14.5. The first-order valence-corrected chi connectivity index (χ1v) is 10.3. The van der Waals surface area contributed by atoms with Crippen LogP contribution in [0.1, 0.15) is 28.8 Å². The van der Waals surface area contributed by atoms with E-state index in [2.05, 4.69) is 15.2 Å². The number of nitrogens with zero attached hydrogens (tertiary/aromatic N) is 2. The van der Waals surface area contributed by atoms with Crippen LogP contribution in [0.15, 0.2) is 63.9 Å². The first kappa shape index (κ1) is 18.2. The third-order valence-electron chi connectivity index (χ3n) is 4.78. The Labute approximate surface area is 162 Å². The smallest absolute Gasteiger partial charge is 0.285 e. The predicted octanol–water partition coefficient (Wildman–Crippen LogP) is 1.06. The number of amides is 2. The van der Waals surface area contributed by atoms with Crippen molar-refractivity contribution in [2.24, 2.45) is 4.40 Å². The molecule has 28 heavy (non-hydrogen) atoms. The summed E-state index contributed by atoms with van der Waals surface area (Å²) in [5.41, 5.74) is 5.75. The molecule has 0 aliphatic carbocycles. The van der Waals surface area contributed by atoms with Gasteiger partial charge in [0.25, 0.3) is 21.8 Å². The number of nitrogens with one attached hydrogen (secondary N) is 2. The molecule has 4 rings (SSSR count). The maximum Gasteiger partial charge on any atom is 0.285 e. The lowest BCUT2D eigenvalue weighted by Gasteiger charge is -2.25. The number of carbonyl (C=O) groups is 2. The number of hydrogen-bond donors (Lipinski definition) is 2. The van der Waals surface area contributed by atoms with Gasteiger partial charge in [-0.05, 0) is 37.1 Å². The largest absolute Gasteiger partial charge is 0.343 e. The zero-order valence-electron chi connectivity index (χ0n) is 14.8. The zero-order chi connectivity index (χ0) is 19.7. The van der Waals surface area contributed by atoms with Gasteiger partial charge in [0.1, 0.15) is 10.9 Å². The van der Waals surface area contributed by atoms with Gasteiger partial charge in [-0.2, -0.15) is 8.42 Å². The monoisotopic (exact) mass is 398 g/mol. The topological polar surface area (TPSA) is 108 Å². The lowest BCUT2D eigenvalue weighted by atomic mass is 10.1. The number of benzene rings is 2. The van der Waals surface area contributed by atoms with Gasteiger partial charge < -0.3 is 4.90 Å². The van der Waals surface area contributed by atoms with Crippen LogP contribution in [0.2, 0.25) is 0 Å². The molecule has 2 N–H and O–H groups in total. The van der Waals surface area contributed by atoms with E-state index in [4.69, 9.17) is 0 Å². The van der Waals surface area contributed by atoms with E-state index in [1.807, 2.05) is 0 Å². The standard InChI is InChI=1S/C19H18N4O4S/c24-18(13-7-2-1-3-8-13)20-21-19(25)15-10-6-12-23(15)17-14-9-4-5-11-16(14)28(26,27)22-17/h1-5,7-9,11,15H,6,10,12H2,(H,20,24)(H,21,25)/t15-/m0/s1. The lowest BCUT2D eigenvalue weighted by molar-refractivity contribution is -0.125. The quantitative estimate of drug-likeness (QED) is 0.736. The zero-order valence-corrected chi connectivity index (χ0v) is 15.6. The predicted molar refractivity (Wildman–Crippen MR) is 102 cm³/mol. The molecule has 2 aliphatic rings. The number of hydrazine groups is 1. The summed E-state index contributed by atoms with van der Waals surface area (Å²) in [6.07, 6.45) is 1.25. The van der Waals surface area contributed by atoms with Crippen LogP contribution in [0.3, 0.4) is 0 Å². The summed E-state index contributed by atoms with van der Waals surface area (Å²) in [4.78, 5) is 26.6. The van der Waals surface area contributed by atoms with E-state index in [0.29, 0.717) is 30.5 Å². The first-order chi connectivity index (χ1) is 13.5. The van der Waals surface area contributed by atoms with E-state index in [1.165, 1.54) is 6.07 Å². The highest BCUT2D eigenvalue weighted by Gasteiger charge is 2.39. The van der Waals surface area contributed by atoms with Crippen molar-refractivity contribution in [3.8, 4) is 0 Å². The minimum absolute atomic E-state index is 0.147. The maximum atomic E-state index is 12.6. The van der Waals surface area contributed by atoms with Gasteiger partial charge in [-0.25, -0.2) is 0 Å². The van der Waals surface area contributed by atoms with E-state index in [9.17, 15) is 18.0 Å². The van der Waals surface area contributed by atoms with Gasteiger partial charge in [-0.1, -0.05) is 30.3 Å². The summed E-state index contributed by atoms with van der Waals surface area (Å²) < 4.78 is 28.5.